The lowest BCUT2D eigenvalue weighted by atomic mass is 9.91. The molecule has 0 atom stereocenters. The maximum absolute atomic E-state index is 12.7. The van der Waals surface area contributed by atoms with Crippen LogP contribution in [0.25, 0.3) is 17.3 Å². The number of ether oxygens (including phenoxy) is 1. The third kappa shape index (κ3) is 4.78. The van der Waals surface area contributed by atoms with Gasteiger partial charge in [-0.15, -0.1) is 0 Å². The lowest BCUT2D eigenvalue weighted by Gasteiger charge is -2.21. The van der Waals surface area contributed by atoms with Crippen molar-refractivity contribution in [3.63, 3.8) is 0 Å². The Morgan fingerprint density at radius 1 is 1.13 bits per heavy atom. The van der Waals surface area contributed by atoms with E-state index in [2.05, 4.69) is 11.4 Å². The van der Waals surface area contributed by atoms with E-state index in [0.29, 0.717) is 16.5 Å². The summed E-state index contributed by atoms with van der Waals surface area (Å²) in [4.78, 5) is 22.4. The number of carbonyl (C=O) groups is 1. The molecule has 1 aliphatic rings. The molecule has 0 saturated heterocycles. The first-order valence-electron chi connectivity index (χ1n) is 10.2. The number of carbonyl (C=O) groups excluding carboxylic acids is 1. The number of benzene rings is 2. The van der Waals surface area contributed by atoms with Crippen molar-refractivity contribution in [3.8, 4) is 17.0 Å². The molecule has 0 spiro atoms. The fraction of sp³-hybridized carbons (Fsp3) is 0.240. The Bertz CT molecular complexity index is 1170. The first-order chi connectivity index (χ1) is 14.9. The number of aryl methyl sites for hydroxylation is 2. The van der Waals surface area contributed by atoms with Gasteiger partial charge in [0.1, 0.15) is 11.4 Å². The lowest BCUT2D eigenvalue weighted by Crippen LogP contribution is -2.19. The van der Waals surface area contributed by atoms with Crippen molar-refractivity contribution in [3.05, 3.63) is 75.6 Å². The van der Waals surface area contributed by atoms with E-state index in [1.165, 1.54) is 5.56 Å². The number of nitrogens with one attached hydrogen (secondary N) is 1. The molecule has 1 aromatic heterocycles. The Labute approximate surface area is 187 Å². The first kappa shape index (κ1) is 21.1. The van der Waals surface area contributed by atoms with Crippen molar-refractivity contribution in [2.45, 2.75) is 33.1 Å². The molecule has 0 aliphatic heterocycles. The number of halogens is 1. The van der Waals surface area contributed by atoms with Gasteiger partial charge in [0.2, 0.25) is 5.91 Å². The molecule has 3 aromatic rings. The van der Waals surface area contributed by atoms with E-state index in [1.54, 1.807) is 19.2 Å². The molecule has 0 radical (unpaired) electrons. The van der Waals surface area contributed by atoms with Crippen LogP contribution in [0.5, 0.6) is 5.75 Å². The summed E-state index contributed by atoms with van der Waals surface area (Å²) >= 11 is 5.94. The molecular weight excluding hydrogens is 410 g/mol. The molecule has 0 saturated carbocycles. The van der Waals surface area contributed by atoms with Gasteiger partial charge in [-0.3, -0.25) is 4.79 Å². The average molecular weight is 434 g/mol. The van der Waals surface area contributed by atoms with Crippen LogP contribution in [0.15, 0.2) is 48.0 Å². The molecule has 1 heterocycles. The molecule has 2 aromatic carbocycles. The fourth-order valence-corrected chi connectivity index (χ4v) is 3.82. The smallest absolute Gasteiger partial charge is 0.230 e. The van der Waals surface area contributed by atoms with Crippen LogP contribution in [-0.2, 0) is 24.1 Å². The molecule has 0 bridgehead atoms. The summed E-state index contributed by atoms with van der Waals surface area (Å²) in [6, 6.07) is 13.3. The zero-order chi connectivity index (χ0) is 22.0. The Morgan fingerprint density at radius 2 is 1.90 bits per heavy atom. The van der Waals surface area contributed by atoms with Gasteiger partial charge < -0.3 is 10.1 Å². The SMILES string of the molecule is COc1ccc2c(c1)CCc1nc(NC(=O)Cc3ccc(Cl)cc3)c(C=C(C)C)nc1-2. The van der Waals surface area contributed by atoms with E-state index < -0.39 is 0 Å². The quantitative estimate of drug-likeness (QED) is 0.576. The largest absolute Gasteiger partial charge is 0.497 e. The number of aromatic nitrogens is 2. The minimum Gasteiger partial charge on any atom is -0.497 e. The molecular formula is C25H24ClN3O2. The van der Waals surface area contributed by atoms with Crippen LogP contribution in [-0.4, -0.2) is 23.0 Å². The third-order valence-electron chi connectivity index (χ3n) is 5.15. The Morgan fingerprint density at radius 3 is 2.61 bits per heavy atom. The second kappa shape index (κ2) is 8.90. The van der Waals surface area contributed by atoms with E-state index in [1.807, 2.05) is 44.2 Å². The Balaban J connectivity index is 1.67. The number of hydrogen-bond donors (Lipinski definition) is 1. The van der Waals surface area contributed by atoms with Crippen molar-refractivity contribution in [2.24, 2.45) is 0 Å². The van der Waals surface area contributed by atoms with Crippen LogP contribution in [0.3, 0.4) is 0 Å². The second-order valence-electron chi connectivity index (χ2n) is 7.85. The van der Waals surface area contributed by atoms with Gasteiger partial charge in [0, 0.05) is 10.6 Å². The van der Waals surface area contributed by atoms with Crippen LogP contribution in [0.2, 0.25) is 5.02 Å². The number of anilines is 1. The number of amides is 1. The maximum atomic E-state index is 12.7. The first-order valence-corrected chi connectivity index (χ1v) is 10.6. The maximum Gasteiger partial charge on any atom is 0.230 e. The molecule has 0 unspecified atom stereocenters. The summed E-state index contributed by atoms with van der Waals surface area (Å²) in [6.45, 7) is 4.00. The highest BCUT2D eigenvalue weighted by Crippen LogP contribution is 2.35. The molecule has 1 amide bonds. The van der Waals surface area contributed by atoms with Crippen molar-refractivity contribution in [1.82, 2.24) is 9.97 Å². The minimum absolute atomic E-state index is 0.138. The van der Waals surface area contributed by atoms with Gasteiger partial charge in [-0.1, -0.05) is 29.3 Å². The molecule has 31 heavy (non-hydrogen) atoms. The highest BCUT2D eigenvalue weighted by molar-refractivity contribution is 6.30. The van der Waals surface area contributed by atoms with Crippen LogP contribution >= 0.6 is 11.6 Å². The van der Waals surface area contributed by atoms with Gasteiger partial charge in [0.15, 0.2) is 5.82 Å². The van der Waals surface area contributed by atoms with Gasteiger partial charge >= 0.3 is 0 Å². The molecule has 1 N–H and O–H groups in total. The van der Waals surface area contributed by atoms with Crippen LogP contribution < -0.4 is 10.1 Å². The van der Waals surface area contributed by atoms with E-state index in [9.17, 15) is 4.79 Å². The summed E-state index contributed by atoms with van der Waals surface area (Å²) in [7, 11) is 1.67. The monoisotopic (exact) mass is 433 g/mol. The molecule has 0 fully saturated rings. The van der Waals surface area contributed by atoms with E-state index in [4.69, 9.17) is 26.3 Å². The predicted octanol–water partition coefficient (Wildman–Crippen LogP) is 5.51. The van der Waals surface area contributed by atoms with Crippen molar-refractivity contribution >= 4 is 29.4 Å². The standard InChI is InChI=1S/C25H24ClN3O2/c1-15(2)12-22-25(29-23(30)13-16-4-7-18(26)8-5-16)28-21-11-6-17-14-19(31-3)9-10-20(17)24(21)27-22/h4-5,7-10,12,14H,6,11,13H2,1-3H3,(H,28,29,30). The highest BCUT2D eigenvalue weighted by Gasteiger charge is 2.22. The zero-order valence-electron chi connectivity index (χ0n) is 17.8. The van der Waals surface area contributed by atoms with Gasteiger partial charge in [-0.2, -0.15) is 0 Å². The van der Waals surface area contributed by atoms with Gasteiger partial charge in [-0.05, 0) is 74.2 Å². The summed E-state index contributed by atoms with van der Waals surface area (Å²) in [5.41, 5.74) is 6.65. The van der Waals surface area contributed by atoms with Crippen molar-refractivity contribution in [2.75, 3.05) is 12.4 Å². The highest BCUT2D eigenvalue weighted by atomic mass is 35.5. The summed E-state index contributed by atoms with van der Waals surface area (Å²) in [5, 5.41) is 3.61. The topological polar surface area (TPSA) is 64.1 Å². The van der Waals surface area contributed by atoms with Crippen LogP contribution in [0, 0.1) is 0 Å². The number of rotatable bonds is 5. The van der Waals surface area contributed by atoms with Crippen LogP contribution in [0.4, 0.5) is 5.82 Å². The fourth-order valence-electron chi connectivity index (χ4n) is 3.69. The van der Waals surface area contributed by atoms with E-state index in [0.717, 1.165) is 46.7 Å². The average Bonchev–Trinajstić information content (AvgIpc) is 2.75. The molecule has 158 valence electrons. The predicted molar refractivity (Wildman–Crippen MR) is 125 cm³/mol. The zero-order valence-corrected chi connectivity index (χ0v) is 18.6. The molecule has 4 rings (SSSR count). The van der Waals surface area contributed by atoms with Crippen molar-refractivity contribution in [1.29, 1.82) is 0 Å². The van der Waals surface area contributed by atoms with Crippen molar-refractivity contribution < 1.29 is 9.53 Å². The van der Waals surface area contributed by atoms with Gasteiger partial charge in [0.05, 0.1) is 24.9 Å². The van der Waals surface area contributed by atoms with E-state index in [-0.39, 0.29) is 12.3 Å². The normalized spacial score (nSPS) is 11.9. The number of nitrogens with zero attached hydrogens (tertiary/aromatic N) is 2. The summed E-state index contributed by atoms with van der Waals surface area (Å²) in [5.74, 6) is 1.20. The summed E-state index contributed by atoms with van der Waals surface area (Å²) in [6.07, 6.45) is 3.81. The minimum atomic E-state index is -0.138. The second-order valence-corrected chi connectivity index (χ2v) is 8.29. The van der Waals surface area contributed by atoms with Gasteiger partial charge in [0.25, 0.3) is 0 Å². The number of methoxy groups -OCH3 is 1. The molecule has 5 nitrogen and oxygen atoms in total. The number of fused-ring (bicyclic) bond motifs is 3. The number of hydrogen-bond acceptors (Lipinski definition) is 4. The Kier molecular flexibility index (Phi) is 6.05. The van der Waals surface area contributed by atoms with Crippen LogP contribution in [0.1, 0.15) is 36.4 Å². The molecule has 6 heteroatoms. The third-order valence-corrected chi connectivity index (χ3v) is 5.41. The van der Waals surface area contributed by atoms with Gasteiger partial charge in [-0.25, -0.2) is 9.97 Å². The number of allylic oxidation sites excluding steroid dienone is 1. The van der Waals surface area contributed by atoms with E-state index >= 15 is 0 Å². The summed E-state index contributed by atoms with van der Waals surface area (Å²) < 4.78 is 5.36. The lowest BCUT2D eigenvalue weighted by molar-refractivity contribution is -0.115. The Hall–Kier alpha value is -3.18. The molecule has 1 aliphatic carbocycles.